The fourth-order valence-corrected chi connectivity index (χ4v) is 13.4. The lowest BCUT2D eigenvalue weighted by molar-refractivity contribution is -0.265. The van der Waals surface area contributed by atoms with Crippen molar-refractivity contribution in [3.63, 3.8) is 0 Å². The van der Waals surface area contributed by atoms with Crippen molar-refractivity contribution in [2.75, 3.05) is 52.9 Å². The van der Waals surface area contributed by atoms with Crippen LogP contribution >= 0.6 is 0 Å². The Kier molecular flexibility index (Phi) is 33.9. The number of carbonyl (C=O) groups excluding carboxylic acids is 9. The molecule has 2 bridgehead atoms. The normalized spacial score (nSPS) is 30.8. The molecule has 6 amide bonds. The number of hydrogen-bond donors (Lipinski definition) is 7. The zero-order chi connectivity index (χ0) is 73.1. The summed E-state index contributed by atoms with van der Waals surface area (Å²) >= 11 is 0. The van der Waals surface area contributed by atoms with E-state index in [2.05, 4.69) is 31.3 Å². The van der Waals surface area contributed by atoms with Gasteiger partial charge in [-0.05, 0) is 149 Å². The molecule has 27 nitrogen and oxygen atoms in total. The van der Waals surface area contributed by atoms with Crippen LogP contribution in [0.15, 0.2) is 77.0 Å². The molecular weight excluding hydrogens is 1280 g/mol. The number of esters is 1. The highest BCUT2D eigenvalue weighted by Gasteiger charge is 2.53. The summed E-state index contributed by atoms with van der Waals surface area (Å²) in [5.41, 5.74) is 16.3. The number of piperidine rings is 1. The van der Waals surface area contributed by atoms with Gasteiger partial charge in [0.05, 0.1) is 31.0 Å². The molecule has 3 aliphatic heterocycles. The third-order valence-electron chi connectivity index (χ3n) is 19.4. The smallest absolute Gasteiger partial charge is 0.407 e. The minimum atomic E-state index is -2.49. The Balaban J connectivity index is 1.25. The van der Waals surface area contributed by atoms with Gasteiger partial charge in [-0.3, -0.25) is 28.8 Å². The van der Waals surface area contributed by atoms with Crippen LogP contribution in [-0.2, 0) is 73.3 Å². The molecule has 8 N–H and O–H groups in total. The number of benzene rings is 1. The Bertz CT molecular complexity index is 3060. The molecule has 3 fully saturated rings. The molecule has 2 saturated heterocycles. The van der Waals surface area contributed by atoms with Crippen LogP contribution in [-0.4, -0.2) is 182 Å². The van der Waals surface area contributed by atoms with Crippen LogP contribution in [0.4, 0.5) is 15.3 Å². The number of hydrogen-bond acceptors (Lipinski definition) is 19. The van der Waals surface area contributed by atoms with Crippen LogP contribution in [0.3, 0.4) is 0 Å². The third kappa shape index (κ3) is 25.0. The van der Waals surface area contributed by atoms with Crippen LogP contribution in [0.1, 0.15) is 158 Å². The monoisotopic (exact) mass is 1390 g/mol. The van der Waals surface area contributed by atoms with Crippen LogP contribution in [0.5, 0.6) is 0 Å². The van der Waals surface area contributed by atoms with Gasteiger partial charge in [-0.15, -0.1) is 0 Å². The standard InChI is InChI=1S/C72H109N9O18/c1-42(2)61(79-80-74)67(87)78-54(21-18-31-75-70(73)90)66(86)77-52-27-24-50(25-28-52)41-97-71(91)76-32-34-96-57-30-26-51(38-60(57)94-11)37-46(6)59-40-56(82)45(5)36-48(8)63(84)64(95-12)62(83)47(7)35-43(3)19-14-13-15-20-44(4)58(93-10)39-53-29-23-49(9)72(92,99-53)65(85)68(88)81-33-17-16-22-55(81)69(89)98-59/h13-15,19-20,24-25,27-28,36,42-43,45-47,49,51,53-55,57-61,63-64,84,92H,16-18,21-23,26,29-35,37-41H2,1-12H3,(H,76,91)(H,77,86)(H,78,87)(H3,73,75,90)/b15-13+,19-14+,44-20+,48-36+/t43-,45-,46-,47+,49-,51+,53?,54+,55+,57?,58+,59?,60-,61+,63-,64+,72-/m1/s1. The van der Waals surface area contributed by atoms with E-state index in [4.69, 9.17) is 44.4 Å². The summed E-state index contributed by atoms with van der Waals surface area (Å²) < 4.78 is 41.8. The summed E-state index contributed by atoms with van der Waals surface area (Å²) in [5.74, 6) is -10.2. The van der Waals surface area contributed by atoms with E-state index in [1.165, 1.54) is 12.0 Å². The van der Waals surface area contributed by atoms with Gasteiger partial charge in [0.15, 0.2) is 5.78 Å². The highest BCUT2D eigenvalue weighted by molar-refractivity contribution is 6.39. The SMILES string of the molecule is CO[C@H]1CC2CC[C@@H](C)[C@@](O)(O2)C(=O)C(=O)N2CCCC[C@H]2C(=O)OC([C@H](C)C[C@@H]2CCC(OCCNC(=O)OCc3ccc(NC(=O)[C@H](CCCNC(N)=O)NC(=O)[C@@H](N=[N+]=[N-])C(C)C)cc3)[C@H](OC)C2)CC(=O)[C@H](C)/C=C(\C)[C@@H](O)[C@@H](OC)C(=O)[C@@H](C)C[C@H](C)/C=C/C=C/C=C/1C. The van der Waals surface area contributed by atoms with E-state index >= 15 is 0 Å². The Hall–Kier alpha value is -7.36. The minimum absolute atomic E-state index is 0.0108. The summed E-state index contributed by atoms with van der Waals surface area (Å²) in [5, 5.41) is 37.8. The molecule has 1 aromatic carbocycles. The number of allylic oxidation sites excluding steroid dienone is 6. The molecule has 4 aliphatic rings. The molecule has 27 heteroatoms. The maximum absolute atomic E-state index is 14.7. The number of rotatable bonds is 22. The largest absolute Gasteiger partial charge is 0.460 e. The molecule has 99 heavy (non-hydrogen) atoms. The van der Waals surface area contributed by atoms with Crippen LogP contribution in [0.2, 0.25) is 0 Å². The molecule has 1 aliphatic carbocycles. The molecule has 0 aromatic heterocycles. The lowest BCUT2D eigenvalue weighted by Gasteiger charge is -2.42. The number of aliphatic hydroxyl groups is 2. The minimum Gasteiger partial charge on any atom is -0.460 e. The third-order valence-corrected chi connectivity index (χ3v) is 19.4. The number of cyclic esters (lactones) is 1. The van der Waals surface area contributed by atoms with Crippen LogP contribution < -0.4 is 27.0 Å². The van der Waals surface area contributed by atoms with Gasteiger partial charge in [-0.2, -0.15) is 0 Å². The quantitative estimate of drug-likeness (QED) is 0.0109. The molecule has 5 rings (SSSR count). The molecule has 3 unspecified atom stereocenters. The highest BCUT2D eigenvalue weighted by atomic mass is 16.6. The van der Waals surface area contributed by atoms with Gasteiger partial charge in [-0.25, -0.2) is 14.4 Å². The highest BCUT2D eigenvalue weighted by Crippen LogP contribution is 2.38. The number of nitrogens with one attached hydrogen (secondary N) is 4. The molecule has 1 saturated carbocycles. The van der Waals surface area contributed by atoms with Gasteiger partial charge in [-0.1, -0.05) is 102 Å². The van der Waals surface area contributed by atoms with E-state index in [0.717, 1.165) is 5.57 Å². The maximum atomic E-state index is 14.7. The number of ketones is 3. The lowest BCUT2D eigenvalue weighted by atomic mass is 9.78. The van der Waals surface area contributed by atoms with Crippen molar-refractivity contribution in [2.24, 2.45) is 52.3 Å². The molecule has 0 spiro atoms. The van der Waals surface area contributed by atoms with Gasteiger partial charge in [0.25, 0.3) is 11.7 Å². The van der Waals surface area contributed by atoms with Crippen molar-refractivity contribution in [2.45, 2.75) is 225 Å². The van der Waals surface area contributed by atoms with Crippen LogP contribution in [0, 0.1) is 41.4 Å². The Morgan fingerprint density at radius 3 is 2.24 bits per heavy atom. The fraction of sp³-hybridized carbons (Fsp3) is 0.681. The number of methoxy groups -OCH3 is 3. The van der Waals surface area contributed by atoms with Crippen molar-refractivity contribution >= 4 is 58.9 Å². The number of fused-ring (bicyclic) bond motifs is 3. The number of nitrogens with two attached hydrogens (primary N) is 1. The van der Waals surface area contributed by atoms with Crippen molar-refractivity contribution in [1.29, 1.82) is 0 Å². The fourth-order valence-electron chi connectivity index (χ4n) is 13.4. The van der Waals surface area contributed by atoms with E-state index in [1.54, 1.807) is 86.1 Å². The first-order valence-electron chi connectivity index (χ1n) is 34.8. The number of ether oxygens (including phenoxy) is 7. The first kappa shape index (κ1) is 82.3. The molecule has 3 heterocycles. The van der Waals surface area contributed by atoms with E-state index in [0.29, 0.717) is 81.0 Å². The summed E-state index contributed by atoms with van der Waals surface area (Å²) in [7, 11) is 4.51. The van der Waals surface area contributed by atoms with Crippen LogP contribution in [0.25, 0.3) is 10.4 Å². The Labute approximate surface area is 582 Å². The number of nitrogens with zero attached hydrogens (tertiary/aromatic N) is 4. The van der Waals surface area contributed by atoms with Crippen molar-refractivity contribution in [1.82, 2.24) is 20.9 Å². The number of aliphatic hydroxyl groups excluding tert-OH is 1. The lowest BCUT2D eigenvalue weighted by Crippen LogP contribution is -2.61. The van der Waals surface area contributed by atoms with Crippen molar-refractivity contribution in [3.05, 3.63) is 87.9 Å². The Morgan fingerprint density at radius 2 is 1.58 bits per heavy atom. The van der Waals surface area contributed by atoms with Gasteiger partial charge in [0.2, 0.25) is 17.6 Å². The summed E-state index contributed by atoms with van der Waals surface area (Å²) in [6, 6.07) is 2.44. The topological polar surface area (TPSA) is 385 Å². The van der Waals surface area contributed by atoms with Crippen molar-refractivity contribution in [3.8, 4) is 0 Å². The Morgan fingerprint density at radius 1 is 0.848 bits per heavy atom. The average molecular weight is 1390 g/mol. The van der Waals surface area contributed by atoms with E-state index in [-0.39, 0.29) is 100 Å². The molecule has 17 atom stereocenters. The number of azide groups is 1. The zero-order valence-electron chi connectivity index (χ0n) is 59.8. The molecule has 550 valence electrons. The summed E-state index contributed by atoms with van der Waals surface area (Å²) in [4.78, 5) is 126. The van der Waals surface area contributed by atoms with E-state index < -0.39 is 120 Å². The van der Waals surface area contributed by atoms with Gasteiger partial charge < -0.3 is 75.3 Å². The molecule has 1 aromatic rings. The maximum Gasteiger partial charge on any atom is 0.407 e. The predicted octanol–water partition coefficient (Wildman–Crippen LogP) is 8.34. The number of urea groups is 1. The summed E-state index contributed by atoms with van der Waals surface area (Å²) in [6.07, 6.45) is 10.2. The second-order valence-electron chi connectivity index (χ2n) is 27.5. The van der Waals surface area contributed by atoms with Gasteiger partial charge in [0.1, 0.15) is 48.8 Å². The number of anilines is 1. The second kappa shape index (κ2) is 40.8. The predicted molar refractivity (Wildman–Crippen MR) is 369 cm³/mol. The van der Waals surface area contributed by atoms with Gasteiger partial charge >= 0.3 is 18.1 Å². The van der Waals surface area contributed by atoms with E-state index in [1.807, 2.05) is 51.2 Å². The number of amides is 6. The number of Topliss-reactive ketones (excluding diaryl/α,β-unsaturated/α-hetero) is 3. The van der Waals surface area contributed by atoms with E-state index in [9.17, 15) is 53.4 Å². The number of primary amides is 1. The summed E-state index contributed by atoms with van der Waals surface area (Å²) in [6.45, 7) is 16.3. The average Bonchev–Trinajstić information content (AvgIpc) is 0.774. The molecule has 0 radical (unpaired) electrons. The number of carbonyl (C=O) groups is 9. The zero-order valence-corrected chi connectivity index (χ0v) is 59.8. The molecular formula is C72H109N9O18. The number of alkyl carbamates (subject to hydrolysis) is 1. The first-order chi connectivity index (χ1) is 47.0. The van der Waals surface area contributed by atoms with Crippen molar-refractivity contribution < 1.29 is 86.5 Å². The second-order valence-corrected chi connectivity index (χ2v) is 27.5. The van der Waals surface area contributed by atoms with Gasteiger partial charge in [0, 0.05) is 82.2 Å². The first-order valence-corrected chi connectivity index (χ1v) is 34.8.